The van der Waals surface area contributed by atoms with Gasteiger partial charge in [0.2, 0.25) is 17.7 Å². The molecule has 2 atom stereocenters. The van der Waals surface area contributed by atoms with Crippen LogP contribution in [0.25, 0.3) is 0 Å². The molecule has 1 N–H and O–H groups in total. The maximum absolute atomic E-state index is 12.5. The van der Waals surface area contributed by atoms with Gasteiger partial charge >= 0.3 is 0 Å². The zero-order valence-electron chi connectivity index (χ0n) is 14.5. The standard InChI is InChI=1S/C19H22N2O3S2/c22-16(11-21-17(23)14-6-1-2-7-15(14)18(21)24)20-13-5-3-4-12(10-13)19-25-8-9-26-19/h3-5,10,14-15,19H,1-2,6-9,11H2,(H,20,22)/t14-,15-/m0/s1. The molecule has 2 saturated heterocycles. The molecule has 1 aromatic carbocycles. The predicted molar refractivity (Wildman–Crippen MR) is 105 cm³/mol. The minimum Gasteiger partial charge on any atom is -0.325 e. The van der Waals surface area contributed by atoms with Crippen LogP contribution in [-0.4, -0.2) is 40.7 Å². The van der Waals surface area contributed by atoms with Gasteiger partial charge in [0.15, 0.2) is 0 Å². The Morgan fingerprint density at radius 2 is 1.73 bits per heavy atom. The van der Waals surface area contributed by atoms with E-state index >= 15 is 0 Å². The third kappa shape index (κ3) is 3.51. The fraction of sp³-hybridized carbons (Fsp3) is 0.526. The lowest BCUT2D eigenvalue weighted by molar-refractivity contribution is -0.142. The molecule has 3 amide bonds. The lowest BCUT2D eigenvalue weighted by Gasteiger charge is -2.19. The number of anilines is 1. The highest BCUT2D eigenvalue weighted by Gasteiger charge is 2.48. The van der Waals surface area contributed by atoms with E-state index in [0.717, 1.165) is 42.9 Å². The number of hydrogen-bond acceptors (Lipinski definition) is 5. The molecular formula is C19H22N2O3S2. The second-order valence-electron chi connectivity index (χ2n) is 7.01. The van der Waals surface area contributed by atoms with Crippen LogP contribution in [0.3, 0.4) is 0 Å². The number of thioether (sulfide) groups is 2. The second-order valence-corrected chi connectivity index (χ2v) is 9.73. The van der Waals surface area contributed by atoms with Crippen LogP contribution in [0.15, 0.2) is 24.3 Å². The molecule has 0 radical (unpaired) electrons. The molecule has 7 heteroatoms. The molecule has 1 aliphatic carbocycles. The summed E-state index contributed by atoms with van der Waals surface area (Å²) < 4.78 is 0.414. The van der Waals surface area contributed by atoms with Crippen molar-refractivity contribution in [3.63, 3.8) is 0 Å². The first kappa shape index (κ1) is 17.9. The highest BCUT2D eigenvalue weighted by molar-refractivity contribution is 8.19. The highest BCUT2D eigenvalue weighted by atomic mass is 32.2. The summed E-state index contributed by atoms with van der Waals surface area (Å²) in [7, 11) is 0. The fourth-order valence-corrected chi connectivity index (χ4v) is 6.88. The van der Waals surface area contributed by atoms with Gasteiger partial charge in [-0.05, 0) is 30.5 Å². The molecule has 1 aromatic rings. The molecule has 2 aliphatic heterocycles. The number of likely N-dealkylation sites (tertiary alicyclic amines) is 1. The molecule has 0 aromatic heterocycles. The lowest BCUT2D eigenvalue weighted by Crippen LogP contribution is -2.38. The summed E-state index contributed by atoms with van der Waals surface area (Å²) in [5.41, 5.74) is 1.91. The molecule has 138 valence electrons. The Morgan fingerprint density at radius 1 is 1.08 bits per heavy atom. The molecule has 0 spiro atoms. The second kappa shape index (κ2) is 7.64. The molecule has 0 bridgehead atoms. The van der Waals surface area contributed by atoms with Gasteiger partial charge in [-0.2, -0.15) is 0 Å². The van der Waals surface area contributed by atoms with Crippen molar-refractivity contribution in [2.24, 2.45) is 11.8 Å². The Balaban J connectivity index is 1.40. The zero-order chi connectivity index (χ0) is 18.1. The molecule has 26 heavy (non-hydrogen) atoms. The Bertz CT molecular complexity index is 709. The van der Waals surface area contributed by atoms with E-state index in [2.05, 4.69) is 11.4 Å². The summed E-state index contributed by atoms with van der Waals surface area (Å²) in [6, 6.07) is 7.84. The van der Waals surface area contributed by atoms with E-state index in [4.69, 9.17) is 0 Å². The third-order valence-corrected chi connectivity index (χ3v) is 8.40. The van der Waals surface area contributed by atoms with Crippen LogP contribution in [0.2, 0.25) is 0 Å². The molecular weight excluding hydrogens is 368 g/mol. The summed E-state index contributed by atoms with van der Waals surface area (Å²) in [6.45, 7) is -0.179. The highest BCUT2D eigenvalue weighted by Crippen LogP contribution is 2.45. The number of carbonyl (C=O) groups is 3. The minimum atomic E-state index is -0.311. The van der Waals surface area contributed by atoms with Gasteiger partial charge in [-0.15, -0.1) is 23.5 Å². The van der Waals surface area contributed by atoms with E-state index in [1.54, 1.807) is 0 Å². The van der Waals surface area contributed by atoms with Gasteiger partial charge in [0.25, 0.3) is 0 Å². The van der Waals surface area contributed by atoms with Gasteiger partial charge in [0.1, 0.15) is 6.54 Å². The van der Waals surface area contributed by atoms with Gasteiger partial charge in [0, 0.05) is 17.2 Å². The van der Waals surface area contributed by atoms with E-state index in [-0.39, 0.29) is 36.1 Å². The fourth-order valence-electron chi connectivity index (χ4n) is 4.04. The summed E-state index contributed by atoms with van der Waals surface area (Å²) in [5, 5.41) is 2.85. The minimum absolute atomic E-state index is 0.164. The number of hydrogen-bond donors (Lipinski definition) is 1. The van der Waals surface area contributed by atoms with Crippen LogP contribution in [0.5, 0.6) is 0 Å². The monoisotopic (exact) mass is 390 g/mol. The van der Waals surface area contributed by atoms with Crippen molar-refractivity contribution >= 4 is 46.9 Å². The van der Waals surface area contributed by atoms with Gasteiger partial charge < -0.3 is 5.32 Å². The van der Waals surface area contributed by atoms with E-state index in [1.165, 1.54) is 10.5 Å². The van der Waals surface area contributed by atoms with E-state index in [9.17, 15) is 14.4 Å². The number of rotatable bonds is 4. The van der Waals surface area contributed by atoms with Crippen LogP contribution in [0.4, 0.5) is 5.69 Å². The topological polar surface area (TPSA) is 66.5 Å². The van der Waals surface area contributed by atoms with Crippen molar-refractivity contribution in [3.05, 3.63) is 29.8 Å². The smallest absolute Gasteiger partial charge is 0.244 e. The average Bonchev–Trinajstić information content (AvgIpc) is 3.26. The SMILES string of the molecule is O=C(CN1C(=O)[C@H]2CCCC[C@@H]2C1=O)Nc1cccc(C2SCCS2)c1. The van der Waals surface area contributed by atoms with Gasteiger partial charge in [0.05, 0.1) is 16.4 Å². The first-order valence-electron chi connectivity index (χ1n) is 9.12. The first-order valence-corrected chi connectivity index (χ1v) is 11.2. The summed E-state index contributed by atoms with van der Waals surface area (Å²) in [6.07, 6.45) is 3.52. The number of fused-ring (bicyclic) bond motifs is 1. The van der Waals surface area contributed by atoms with Crippen molar-refractivity contribution in [3.8, 4) is 0 Å². The van der Waals surface area contributed by atoms with Crippen LogP contribution < -0.4 is 5.32 Å². The van der Waals surface area contributed by atoms with Gasteiger partial charge in [-0.3, -0.25) is 19.3 Å². The largest absolute Gasteiger partial charge is 0.325 e. The van der Waals surface area contributed by atoms with Gasteiger partial charge in [-0.25, -0.2) is 0 Å². The molecule has 3 fully saturated rings. The zero-order valence-corrected chi connectivity index (χ0v) is 16.1. The average molecular weight is 391 g/mol. The van der Waals surface area contributed by atoms with Crippen LogP contribution >= 0.6 is 23.5 Å². The molecule has 3 aliphatic rings. The normalized spacial score (nSPS) is 26.2. The van der Waals surface area contributed by atoms with Crippen molar-refractivity contribution < 1.29 is 14.4 Å². The molecule has 0 unspecified atom stereocenters. The maximum atomic E-state index is 12.5. The van der Waals surface area contributed by atoms with Gasteiger partial charge in [-0.1, -0.05) is 25.0 Å². The van der Waals surface area contributed by atoms with Crippen LogP contribution in [0, 0.1) is 11.8 Å². The third-order valence-electron chi connectivity index (χ3n) is 5.30. The number of nitrogens with zero attached hydrogens (tertiary/aromatic N) is 1. The Hall–Kier alpha value is -1.47. The van der Waals surface area contributed by atoms with E-state index in [1.807, 2.05) is 41.7 Å². The van der Waals surface area contributed by atoms with Crippen molar-refractivity contribution in [2.75, 3.05) is 23.4 Å². The van der Waals surface area contributed by atoms with Crippen LogP contribution in [0.1, 0.15) is 35.8 Å². The first-order chi connectivity index (χ1) is 12.6. The molecule has 5 nitrogen and oxygen atoms in total. The van der Waals surface area contributed by atoms with Crippen molar-refractivity contribution in [2.45, 2.75) is 30.3 Å². The lowest BCUT2D eigenvalue weighted by atomic mass is 9.81. The Morgan fingerprint density at radius 3 is 2.38 bits per heavy atom. The van der Waals surface area contributed by atoms with Crippen molar-refractivity contribution in [1.82, 2.24) is 4.90 Å². The summed E-state index contributed by atoms with van der Waals surface area (Å²) >= 11 is 3.83. The maximum Gasteiger partial charge on any atom is 0.244 e. The van der Waals surface area contributed by atoms with E-state index < -0.39 is 0 Å². The number of benzene rings is 1. The summed E-state index contributed by atoms with van der Waals surface area (Å²) in [5.74, 6) is 1.24. The Kier molecular flexibility index (Phi) is 5.27. The number of imide groups is 1. The van der Waals surface area contributed by atoms with Crippen LogP contribution in [-0.2, 0) is 14.4 Å². The summed E-state index contributed by atoms with van der Waals surface area (Å²) in [4.78, 5) is 38.6. The Labute approximate surface area is 161 Å². The van der Waals surface area contributed by atoms with Crippen molar-refractivity contribution in [1.29, 1.82) is 0 Å². The van der Waals surface area contributed by atoms with E-state index in [0.29, 0.717) is 4.58 Å². The number of amides is 3. The number of nitrogens with one attached hydrogen (secondary N) is 1. The molecule has 1 saturated carbocycles. The predicted octanol–water partition coefficient (Wildman–Crippen LogP) is 3.28. The quantitative estimate of drug-likeness (QED) is 0.799. The molecule has 4 rings (SSSR count). The number of carbonyl (C=O) groups excluding carboxylic acids is 3. The molecule has 2 heterocycles.